The Bertz CT molecular complexity index is 1510. The van der Waals surface area contributed by atoms with Gasteiger partial charge in [0.1, 0.15) is 11.3 Å². The topological polar surface area (TPSA) is 78.2 Å². The van der Waals surface area contributed by atoms with Gasteiger partial charge < -0.3 is 18.6 Å². The van der Waals surface area contributed by atoms with E-state index in [1.54, 1.807) is 48.4 Å². The van der Waals surface area contributed by atoms with Gasteiger partial charge in [-0.2, -0.15) is 0 Å². The Kier molecular flexibility index (Phi) is 6.14. The monoisotopic (exact) mass is 485 g/mol. The van der Waals surface area contributed by atoms with Crippen LogP contribution in [-0.2, 0) is 0 Å². The number of methoxy groups -OCH3 is 1. The number of hydrogen-bond acceptors (Lipinski definition) is 6. The van der Waals surface area contributed by atoms with E-state index < -0.39 is 6.04 Å². The third kappa shape index (κ3) is 3.86. The number of hydrogen-bond donors (Lipinski definition) is 0. The second-order valence-corrected chi connectivity index (χ2v) is 8.52. The number of carbonyl (C=O) groups excluding carboxylic acids is 1. The molecular formula is C29H27NO6. The number of rotatable bonds is 7. The van der Waals surface area contributed by atoms with Gasteiger partial charge in [0, 0.05) is 5.69 Å². The molecule has 1 atom stereocenters. The van der Waals surface area contributed by atoms with Crippen molar-refractivity contribution in [3.63, 3.8) is 0 Å². The van der Waals surface area contributed by atoms with E-state index in [1.165, 1.54) is 0 Å². The van der Waals surface area contributed by atoms with Crippen LogP contribution in [0.25, 0.3) is 11.0 Å². The zero-order chi connectivity index (χ0) is 25.4. The summed E-state index contributed by atoms with van der Waals surface area (Å²) >= 11 is 0. The lowest BCUT2D eigenvalue weighted by Gasteiger charge is -2.26. The minimum Gasteiger partial charge on any atom is -0.494 e. The fraction of sp³-hybridized carbons (Fsp3) is 0.241. The second kappa shape index (κ2) is 9.41. The van der Waals surface area contributed by atoms with Crippen LogP contribution in [0.3, 0.4) is 0 Å². The average molecular weight is 486 g/mol. The van der Waals surface area contributed by atoms with E-state index >= 15 is 0 Å². The van der Waals surface area contributed by atoms with Gasteiger partial charge >= 0.3 is 0 Å². The Labute approximate surface area is 208 Å². The fourth-order valence-electron chi connectivity index (χ4n) is 4.67. The predicted octanol–water partition coefficient (Wildman–Crippen LogP) is 5.66. The van der Waals surface area contributed by atoms with Gasteiger partial charge in [0.15, 0.2) is 16.9 Å². The smallest absolute Gasteiger partial charge is 0.295 e. The molecule has 0 N–H and O–H groups in total. The van der Waals surface area contributed by atoms with Crippen LogP contribution in [0.4, 0.5) is 5.69 Å². The van der Waals surface area contributed by atoms with Crippen molar-refractivity contribution in [2.75, 3.05) is 25.2 Å². The summed E-state index contributed by atoms with van der Waals surface area (Å²) in [6.45, 7) is 6.73. The highest BCUT2D eigenvalue weighted by Crippen LogP contribution is 2.43. The number of amides is 1. The van der Waals surface area contributed by atoms with E-state index in [0.717, 1.165) is 5.56 Å². The molecule has 1 aliphatic heterocycles. The Morgan fingerprint density at radius 1 is 0.889 bits per heavy atom. The molecule has 3 aromatic carbocycles. The first kappa shape index (κ1) is 23.5. The fourth-order valence-corrected chi connectivity index (χ4v) is 4.67. The van der Waals surface area contributed by atoms with Gasteiger partial charge in [-0.1, -0.05) is 17.7 Å². The van der Waals surface area contributed by atoms with Gasteiger partial charge in [-0.05, 0) is 74.9 Å². The molecule has 1 unspecified atom stereocenters. The lowest BCUT2D eigenvalue weighted by Crippen LogP contribution is -2.29. The molecule has 7 heteroatoms. The van der Waals surface area contributed by atoms with Crippen LogP contribution >= 0.6 is 0 Å². The maximum absolute atomic E-state index is 13.8. The standard InChI is InChI=1S/C29H27NO6/c1-5-34-20-11-9-19(10-12-20)30-26(18-8-14-23(35-6-2)24(16-18)33-4)25-27(31)21-15-17(3)7-13-22(21)36-28(25)29(30)32/h7-16,26H,5-6H2,1-4H3. The van der Waals surface area contributed by atoms with Crippen LogP contribution in [0.2, 0.25) is 0 Å². The molecule has 4 aromatic rings. The Morgan fingerprint density at radius 2 is 1.64 bits per heavy atom. The van der Waals surface area contributed by atoms with E-state index in [9.17, 15) is 9.59 Å². The molecule has 0 fully saturated rings. The van der Waals surface area contributed by atoms with Gasteiger partial charge in [-0.25, -0.2) is 0 Å². The van der Waals surface area contributed by atoms with Crippen molar-refractivity contribution in [3.8, 4) is 17.2 Å². The highest BCUT2D eigenvalue weighted by molar-refractivity contribution is 6.10. The zero-order valence-electron chi connectivity index (χ0n) is 20.7. The first-order valence-corrected chi connectivity index (χ1v) is 11.9. The highest BCUT2D eigenvalue weighted by Gasteiger charge is 2.44. The zero-order valence-corrected chi connectivity index (χ0v) is 20.7. The number of benzene rings is 3. The summed E-state index contributed by atoms with van der Waals surface area (Å²) in [6.07, 6.45) is 0. The SMILES string of the molecule is CCOc1ccc(N2C(=O)c3oc4ccc(C)cc4c(=O)c3C2c2ccc(OCC)c(OC)c2)cc1. The number of ether oxygens (including phenoxy) is 3. The molecule has 1 aliphatic rings. The molecule has 2 heterocycles. The van der Waals surface area contributed by atoms with Gasteiger partial charge in [0.2, 0.25) is 5.76 Å². The number of anilines is 1. The van der Waals surface area contributed by atoms with Crippen molar-refractivity contribution in [1.82, 2.24) is 0 Å². The molecule has 36 heavy (non-hydrogen) atoms. The summed E-state index contributed by atoms with van der Waals surface area (Å²) in [7, 11) is 1.56. The van der Waals surface area contributed by atoms with Crippen molar-refractivity contribution < 1.29 is 23.4 Å². The first-order chi connectivity index (χ1) is 17.5. The minimum absolute atomic E-state index is 0.0445. The largest absolute Gasteiger partial charge is 0.494 e. The van der Waals surface area contributed by atoms with Crippen molar-refractivity contribution >= 4 is 22.6 Å². The van der Waals surface area contributed by atoms with Crippen LogP contribution in [0.1, 0.15) is 47.1 Å². The van der Waals surface area contributed by atoms with Crippen LogP contribution in [0.5, 0.6) is 17.2 Å². The van der Waals surface area contributed by atoms with E-state index in [1.807, 2.05) is 45.0 Å². The number of carbonyl (C=O) groups is 1. The molecule has 0 spiro atoms. The second-order valence-electron chi connectivity index (χ2n) is 8.52. The van der Waals surface area contributed by atoms with E-state index in [2.05, 4.69) is 0 Å². The predicted molar refractivity (Wildman–Crippen MR) is 138 cm³/mol. The normalized spacial score (nSPS) is 14.7. The highest BCUT2D eigenvalue weighted by atomic mass is 16.5. The number of fused-ring (bicyclic) bond motifs is 2. The Morgan fingerprint density at radius 3 is 2.33 bits per heavy atom. The molecule has 1 amide bonds. The van der Waals surface area contributed by atoms with E-state index in [-0.39, 0.29) is 17.1 Å². The maximum Gasteiger partial charge on any atom is 0.295 e. The lowest BCUT2D eigenvalue weighted by molar-refractivity contribution is 0.0971. The van der Waals surface area contributed by atoms with Gasteiger partial charge in [-0.15, -0.1) is 0 Å². The maximum atomic E-state index is 13.8. The average Bonchev–Trinajstić information content (AvgIpc) is 3.18. The van der Waals surface area contributed by atoms with Crippen molar-refractivity contribution in [2.24, 2.45) is 0 Å². The summed E-state index contributed by atoms with van der Waals surface area (Å²) in [6, 6.07) is 17.3. The van der Waals surface area contributed by atoms with Gasteiger partial charge in [0.25, 0.3) is 5.91 Å². The molecule has 0 saturated heterocycles. The van der Waals surface area contributed by atoms with E-state index in [0.29, 0.717) is 58.2 Å². The molecule has 5 rings (SSSR count). The molecule has 184 valence electrons. The van der Waals surface area contributed by atoms with Crippen molar-refractivity contribution in [3.05, 3.63) is 93.3 Å². The van der Waals surface area contributed by atoms with Crippen molar-refractivity contribution in [1.29, 1.82) is 0 Å². The third-order valence-corrected chi connectivity index (χ3v) is 6.25. The van der Waals surface area contributed by atoms with E-state index in [4.69, 9.17) is 18.6 Å². The molecule has 0 radical (unpaired) electrons. The Balaban J connectivity index is 1.74. The summed E-state index contributed by atoms with van der Waals surface area (Å²) in [5, 5.41) is 0.443. The number of nitrogens with zero attached hydrogens (tertiary/aromatic N) is 1. The van der Waals surface area contributed by atoms with Gasteiger partial charge in [-0.3, -0.25) is 14.5 Å². The molecule has 1 aromatic heterocycles. The summed E-state index contributed by atoms with van der Waals surface area (Å²) in [4.78, 5) is 29.2. The summed E-state index contributed by atoms with van der Waals surface area (Å²) in [5.41, 5.74) is 2.71. The molecule has 0 bridgehead atoms. The molecular weight excluding hydrogens is 458 g/mol. The molecule has 7 nitrogen and oxygen atoms in total. The van der Waals surface area contributed by atoms with Crippen LogP contribution in [0, 0.1) is 6.92 Å². The summed E-state index contributed by atoms with van der Waals surface area (Å²) < 4.78 is 22.9. The Hall–Kier alpha value is -4.26. The summed E-state index contributed by atoms with van der Waals surface area (Å²) in [5.74, 6) is 1.46. The first-order valence-electron chi connectivity index (χ1n) is 11.9. The minimum atomic E-state index is -0.712. The number of aryl methyl sites for hydroxylation is 1. The quantitative estimate of drug-likeness (QED) is 0.336. The third-order valence-electron chi connectivity index (χ3n) is 6.25. The van der Waals surface area contributed by atoms with Gasteiger partial charge in [0.05, 0.1) is 37.3 Å². The van der Waals surface area contributed by atoms with Crippen LogP contribution < -0.4 is 24.5 Å². The van der Waals surface area contributed by atoms with Crippen LogP contribution in [-0.4, -0.2) is 26.2 Å². The molecule has 0 saturated carbocycles. The van der Waals surface area contributed by atoms with Crippen molar-refractivity contribution in [2.45, 2.75) is 26.8 Å². The van der Waals surface area contributed by atoms with Crippen LogP contribution in [0.15, 0.2) is 69.9 Å². The molecule has 0 aliphatic carbocycles. The lowest BCUT2D eigenvalue weighted by atomic mass is 9.97.